The van der Waals surface area contributed by atoms with Crippen LogP contribution in [0.4, 0.5) is 5.69 Å². The maximum Gasteiger partial charge on any atom is 0.0413 e. The zero-order chi connectivity index (χ0) is 8.97. The first-order chi connectivity index (χ1) is 5.74. The van der Waals surface area contributed by atoms with E-state index in [1.807, 2.05) is 18.2 Å². The Bertz CT molecular complexity index is 297. The minimum absolute atomic E-state index is 0.697. The van der Waals surface area contributed by atoms with Crippen LogP contribution in [0.1, 0.15) is 5.56 Å². The van der Waals surface area contributed by atoms with Gasteiger partial charge < -0.3 is 5.73 Å². The van der Waals surface area contributed by atoms with Gasteiger partial charge in [0.15, 0.2) is 0 Å². The first-order valence-corrected chi connectivity index (χ1v) is 4.57. The Kier molecular flexibility index (Phi) is 3.50. The van der Waals surface area contributed by atoms with Gasteiger partial charge in [-0.05, 0) is 23.8 Å². The lowest BCUT2D eigenvalue weighted by Gasteiger charge is -1.99. The molecular formula is C9H10ClNS. The molecule has 1 rings (SSSR count). The van der Waals surface area contributed by atoms with Crippen molar-refractivity contribution in [3.63, 3.8) is 0 Å². The van der Waals surface area contributed by atoms with E-state index in [0.29, 0.717) is 10.8 Å². The number of halogens is 1. The van der Waals surface area contributed by atoms with E-state index in [9.17, 15) is 0 Å². The molecular weight excluding hydrogens is 190 g/mol. The molecule has 0 unspecified atom stereocenters. The highest BCUT2D eigenvalue weighted by molar-refractivity contribution is 7.80. The number of hydrogen-bond acceptors (Lipinski definition) is 2. The summed E-state index contributed by atoms with van der Waals surface area (Å²) in [5.74, 6) is 0.700. The second-order valence-electron chi connectivity index (χ2n) is 2.36. The van der Waals surface area contributed by atoms with Crippen LogP contribution in [0.5, 0.6) is 0 Å². The molecule has 2 N–H and O–H groups in total. The average Bonchev–Trinajstić information content (AvgIpc) is 2.07. The molecule has 0 aliphatic heterocycles. The van der Waals surface area contributed by atoms with E-state index in [4.69, 9.17) is 17.3 Å². The van der Waals surface area contributed by atoms with Crippen LogP contribution in [0.2, 0.25) is 5.02 Å². The normalized spacial score (nSPS) is 10.8. The Hall–Kier alpha value is -0.600. The lowest BCUT2D eigenvalue weighted by Crippen LogP contribution is -1.88. The van der Waals surface area contributed by atoms with Crippen molar-refractivity contribution in [2.75, 3.05) is 11.5 Å². The molecule has 12 heavy (non-hydrogen) atoms. The molecule has 64 valence electrons. The van der Waals surface area contributed by atoms with E-state index in [1.165, 1.54) is 0 Å². The van der Waals surface area contributed by atoms with Crippen LogP contribution in [0, 0.1) is 0 Å². The first kappa shape index (κ1) is 9.49. The number of hydrogen-bond donors (Lipinski definition) is 2. The molecule has 0 radical (unpaired) electrons. The molecule has 0 atom stereocenters. The SMILES string of the molecule is Nc1ccc(Cl)cc1C=CCS. The summed E-state index contributed by atoms with van der Waals surface area (Å²) in [6.45, 7) is 0. The predicted molar refractivity (Wildman–Crippen MR) is 58.8 cm³/mol. The molecule has 3 heteroatoms. The third-order valence-corrected chi connectivity index (χ3v) is 1.90. The van der Waals surface area contributed by atoms with Crippen LogP contribution in [0.15, 0.2) is 24.3 Å². The first-order valence-electron chi connectivity index (χ1n) is 3.56. The lowest BCUT2D eigenvalue weighted by atomic mass is 10.2. The Labute approximate surface area is 82.6 Å². The third-order valence-electron chi connectivity index (χ3n) is 1.45. The molecule has 0 bridgehead atoms. The van der Waals surface area contributed by atoms with Crippen molar-refractivity contribution < 1.29 is 0 Å². The van der Waals surface area contributed by atoms with E-state index in [1.54, 1.807) is 12.1 Å². The number of rotatable bonds is 2. The molecule has 0 saturated carbocycles. The summed E-state index contributed by atoms with van der Waals surface area (Å²) in [6.07, 6.45) is 3.83. The van der Waals surface area contributed by atoms with Gasteiger partial charge in [-0.15, -0.1) is 0 Å². The van der Waals surface area contributed by atoms with Gasteiger partial charge in [-0.3, -0.25) is 0 Å². The van der Waals surface area contributed by atoms with Gasteiger partial charge in [-0.1, -0.05) is 23.8 Å². The van der Waals surface area contributed by atoms with Crippen LogP contribution < -0.4 is 5.73 Å². The van der Waals surface area contributed by atoms with Crippen molar-refractivity contribution in [3.05, 3.63) is 34.9 Å². The van der Waals surface area contributed by atoms with Crippen molar-refractivity contribution in [2.24, 2.45) is 0 Å². The van der Waals surface area contributed by atoms with Gasteiger partial charge in [-0.2, -0.15) is 12.6 Å². The van der Waals surface area contributed by atoms with Gasteiger partial charge >= 0.3 is 0 Å². The van der Waals surface area contributed by atoms with Crippen LogP contribution in [-0.4, -0.2) is 5.75 Å². The number of anilines is 1. The molecule has 0 aromatic heterocycles. The summed E-state index contributed by atoms with van der Waals surface area (Å²) >= 11 is 9.84. The number of nitrogens with two attached hydrogens (primary N) is 1. The van der Waals surface area contributed by atoms with Crippen molar-refractivity contribution in [1.82, 2.24) is 0 Å². The second-order valence-corrected chi connectivity index (χ2v) is 3.16. The largest absolute Gasteiger partial charge is 0.398 e. The number of thiol groups is 1. The second kappa shape index (κ2) is 4.43. The molecule has 1 nitrogen and oxygen atoms in total. The third kappa shape index (κ3) is 2.47. The van der Waals surface area contributed by atoms with Gasteiger partial charge in [0, 0.05) is 16.5 Å². The standard InChI is InChI=1S/C9H10ClNS/c10-8-3-4-9(11)7(6-8)2-1-5-12/h1-4,6,12H,5,11H2. The molecule has 0 fully saturated rings. The Morgan fingerprint density at radius 1 is 1.50 bits per heavy atom. The van der Waals surface area contributed by atoms with Gasteiger partial charge in [0.1, 0.15) is 0 Å². The molecule has 1 aromatic rings. The number of benzene rings is 1. The molecule has 0 heterocycles. The van der Waals surface area contributed by atoms with Crippen molar-refractivity contribution in [2.45, 2.75) is 0 Å². The Balaban J connectivity index is 2.97. The summed E-state index contributed by atoms with van der Waals surface area (Å²) in [5, 5.41) is 0.697. The van der Waals surface area contributed by atoms with Crippen molar-refractivity contribution in [1.29, 1.82) is 0 Å². The molecule has 0 aliphatic rings. The predicted octanol–water partition coefficient (Wildman–Crippen LogP) is 2.87. The van der Waals surface area contributed by atoms with E-state index in [2.05, 4.69) is 12.6 Å². The van der Waals surface area contributed by atoms with Crippen LogP contribution in [-0.2, 0) is 0 Å². The van der Waals surface area contributed by atoms with Gasteiger partial charge in [0.25, 0.3) is 0 Å². The van der Waals surface area contributed by atoms with Crippen molar-refractivity contribution in [3.8, 4) is 0 Å². The summed E-state index contributed by atoms with van der Waals surface area (Å²) in [6, 6.07) is 5.40. The van der Waals surface area contributed by atoms with Crippen molar-refractivity contribution >= 4 is 36.0 Å². The van der Waals surface area contributed by atoms with E-state index >= 15 is 0 Å². The summed E-state index contributed by atoms with van der Waals surface area (Å²) < 4.78 is 0. The fourth-order valence-corrected chi connectivity index (χ4v) is 1.16. The Morgan fingerprint density at radius 3 is 2.92 bits per heavy atom. The monoisotopic (exact) mass is 199 g/mol. The van der Waals surface area contributed by atoms with E-state index in [0.717, 1.165) is 11.3 Å². The average molecular weight is 200 g/mol. The molecule has 0 aliphatic carbocycles. The maximum atomic E-state index is 5.79. The topological polar surface area (TPSA) is 26.0 Å². The minimum atomic E-state index is 0.697. The lowest BCUT2D eigenvalue weighted by molar-refractivity contribution is 1.63. The zero-order valence-corrected chi connectivity index (χ0v) is 8.15. The summed E-state index contributed by atoms with van der Waals surface area (Å²) in [4.78, 5) is 0. The summed E-state index contributed by atoms with van der Waals surface area (Å²) in [5.41, 5.74) is 7.37. The van der Waals surface area contributed by atoms with Crippen LogP contribution in [0.3, 0.4) is 0 Å². The van der Waals surface area contributed by atoms with Crippen LogP contribution >= 0.6 is 24.2 Å². The quantitative estimate of drug-likeness (QED) is 0.556. The molecule has 0 spiro atoms. The highest BCUT2D eigenvalue weighted by Gasteiger charge is 1.94. The highest BCUT2D eigenvalue weighted by Crippen LogP contribution is 2.18. The molecule has 0 amide bonds. The summed E-state index contributed by atoms with van der Waals surface area (Å²) in [7, 11) is 0. The minimum Gasteiger partial charge on any atom is -0.398 e. The van der Waals surface area contributed by atoms with Gasteiger partial charge in [0.05, 0.1) is 0 Å². The van der Waals surface area contributed by atoms with E-state index in [-0.39, 0.29) is 0 Å². The molecule has 1 aromatic carbocycles. The fourth-order valence-electron chi connectivity index (χ4n) is 0.870. The molecule has 0 saturated heterocycles. The van der Waals surface area contributed by atoms with Gasteiger partial charge in [0.2, 0.25) is 0 Å². The van der Waals surface area contributed by atoms with Crippen LogP contribution in [0.25, 0.3) is 6.08 Å². The Morgan fingerprint density at radius 2 is 2.25 bits per heavy atom. The number of nitrogen functional groups attached to an aromatic ring is 1. The zero-order valence-electron chi connectivity index (χ0n) is 6.50. The van der Waals surface area contributed by atoms with Gasteiger partial charge in [-0.25, -0.2) is 0 Å². The smallest absolute Gasteiger partial charge is 0.0413 e. The maximum absolute atomic E-state index is 5.79. The fraction of sp³-hybridized carbons (Fsp3) is 0.111. The van der Waals surface area contributed by atoms with E-state index < -0.39 is 0 Å². The highest BCUT2D eigenvalue weighted by atomic mass is 35.5.